The maximum Gasteiger partial charge on any atom is 0.204 e. The number of hydrogen-bond donors (Lipinski definition) is 0. The fourth-order valence-electron chi connectivity index (χ4n) is 2.59. The van der Waals surface area contributed by atoms with Crippen LogP contribution >= 0.6 is 11.6 Å². The van der Waals surface area contributed by atoms with Gasteiger partial charge in [-0.1, -0.05) is 0 Å². The van der Waals surface area contributed by atoms with E-state index in [4.69, 9.17) is 20.8 Å². The molecular weight excluding hydrogens is 240 g/mol. The topological polar surface area (TPSA) is 39.4 Å². The number of rotatable bonds is 2. The lowest BCUT2D eigenvalue weighted by Crippen LogP contribution is -2.33. The van der Waals surface area contributed by atoms with E-state index in [0.29, 0.717) is 12.2 Å². The second kappa shape index (κ2) is 3.85. The van der Waals surface area contributed by atoms with Gasteiger partial charge in [0.2, 0.25) is 5.78 Å². The molecule has 2 rings (SSSR count). The predicted octanol–water partition coefficient (Wildman–Crippen LogP) is 3.71. The molecule has 1 saturated heterocycles. The summed E-state index contributed by atoms with van der Waals surface area (Å²) in [5.41, 5.74) is -0.750. The lowest BCUT2D eigenvalue weighted by atomic mass is 9.83. The van der Waals surface area contributed by atoms with Crippen molar-refractivity contribution in [2.24, 2.45) is 5.92 Å². The maximum atomic E-state index is 12.3. The third kappa shape index (κ3) is 2.40. The molecule has 17 heavy (non-hydrogen) atoms. The first-order valence-electron chi connectivity index (χ1n) is 5.71. The largest absolute Gasteiger partial charge is 0.442 e. The van der Waals surface area contributed by atoms with Crippen LogP contribution in [0.1, 0.15) is 44.7 Å². The zero-order chi connectivity index (χ0) is 12.8. The van der Waals surface area contributed by atoms with Crippen LogP contribution < -0.4 is 0 Å². The maximum absolute atomic E-state index is 12.3. The van der Waals surface area contributed by atoms with Crippen molar-refractivity contribution in [1.29, 1.82) is 0 Å². The average Bonchev–Trinajstić information content (AvgIpc) is 2.66. The number of halogens is 1. The number of ketones is 1. The van der Waals surface area contributed by atoms with Crippen LogP contribution in [0.3, 0.4) is 0 Å². The first-order valence-corrected chi connectivity index (χ1v) is 6.09. The summed E-state index contributed by atoms with van der Waals surface area (Å²) in [4.78, 5) is 12.3. The van der Waals surface area contributed by atoms with Gasteiger partial charge in [0.25, 0.3) is 0 Å². The summed E-state index contributed by atoms with van der Waals surface area (Å²) >= 11 is 5.69. The van der Waals surface area contributed by atoms with Gasteiger partial charge in [-0.25, -0.2) is 0 Å². The highest BCUT2D eigenvalue weighted by molar-refractivity contribution is 6.29. The molecule has 94 valence electrons. The van der Waals surface area contributed by atoms with Gasteiger partial charge in [0.15, 0.2) is 11.0 Å². The van der Waals surface area contributed by atoms with Crippen LogP contribution in [0.2, 0.25) is 5.22 Å². The zero-order valence-electron chi connectivity index (χ0n) is 10.5. The number of hydrogen-bond acceptors (Lipinski definition) is 3. The fraction of sp³-hybridized carbons (Fsp3) is 0.615. The normalized spacial score (nSPS) is 26.1. The number of carbonyl (C=O) groups is 1. The molecular formula is C13H17ClO3. The summed E-state index contributed by atoms with van der Waals surface area (Å²) in [6, 6.07) is 3.20. The van der Waals surface area contributed by atoms with Crippen LogP contribution in [0.15, 0.2) is 16.5 Å². The van der Waals surface area contributed by atoms with Crippen molar-refractivity contribution in [3.8, 4) is 0 Å². The molecule has 0 amide bonds. The fourth-order valence-corrected chi connectivity index (χ4v) is 2.74. The smallest absolute Gasteiger partial charge is 0.204 e. The first-order chi connectivity index (χ1) is 7.71. The molecule has 0 spiro atoms. The highest BCUT2D eigenvalue weighted by atomic mass is 35.5. The van der Waals surface area contributed by atoms with Crippen LogP contribution in [-0.4, -0.2) is 17.0 Å². The van der Waals surface area contributed by atoms with Crippen LogP contribution in [-0.2, 0) is 4.74 Å². The molecule has 0 aromatic carbocycles. The van der Waals surface area contributed by atoms with Gasteiger partial charge < -0.3 is 9.15 Å². The first kappa shape index (κ1) is 12.7. The van der Waals surface area contributed by atoms with Crippen LogP contribution in [0.4, 0.5) is 0 Å². The Hall–Kier alpha value is -0.800. The molecule has 1 atom stereocenters. The summed E-state index contributed by atoms with van der Waals surface area (Å²) in [6.45, 7) is 7.87. The van der Waals surface area contributed by atoms with E-state index in [0.717, 1.165) is 0 Å². The van der Waals surface area contributed by atoms with Crippen molar-refractivity contribution in [3.63, 3.8) is 0 Å². The molecule has 0 bridgehead atoms. The van der Waals surface area contributed by atoms with Gasteiger partial charge in [0, 0.05) is 0 Å². The van der Waals surface area contributed by atoms with E-state index in [2.05, 4.69) is 0 Å². The van der Waals surface area contributed by atoms with Gasteiger partial charge in [0.05, 0.1) is 17.1 Å². The molecule has 1 aliphatic rings. The molecule has 1 aromatic rings. The Kier molecular flexibility index (Phi) is 2.87. The van der Waals surface area contributed by atoms with E-state index in [1.165, 1.54) is 0 Å². The SMILES string of the molecule is CC1(C)CC(C(=O)c2ccc(Cl)o2)C(C)(C)O1. The summed E-state index contributed by atoms with van der Waals surface area (Å²) in [7, 11) is 0. The van der Waals surface area contributed by atoms with Crippen molar-refractivity contribution >= 4 is 17.4 Å². The molecule has 0 radical (unpaired) electrons. The quantitative estimate of drug-likeness (QED) is 0.758. The van der Waals surface area contributed by atoms with E-state index in [-0.39, 0.29) is 22.5 Å². The van der Waals surface area contributed by atoms with Crippen LogP contribution in [0.25, 0.3) is 0 Å². The Morgan fingerprint density at radius 3 is 2.41 bits per heavy atom. The van der Waals surface area contributed by atoms with E-state index in [9.17, 15) is 4.79 Å². The van der Waals surface area contributed by atoms with Crippen molar-refractivity contribution < 1.29 is 13.9 Å². The molecule has 1 aromatic heterocycles. The van der Waals surface area contributed by atoms with Crippen LogP contribution in [0, 0.1) is 5.92 Å². The number of carbonyl (C=O) groups excluding carboxylic acids is 1. The van der Waals surface area contributed by atoms with Gasteiger partial charge in [-0.2, -0.15) is 0 Å². The van der Waals surface area contributed by atoms with E-state index < -0.39 is 5.60 Å². The van der Waals surface area contributed by atoms with Crippen molar-refractivity contribution in [2.45, 2.75) is 45.3 Å². The minimum Gasteiger partial charge on any atom is -0.442 e. The minimum atomic E-state index is -0.472. The van der Waals surface area contributed by atoms with Gasteiger partial charge >= 0.3 is 0 Å². The van der Waals surface area contributed by atoms with E-state index >= 15 is 0 Å². The molecule has 4 heteroatoms. The van der Waals surface area contributed by atoms with E-state index in [1.54, 1.807) is 12.1 Å². The third-order valence-electron chi connectivity index (χ3n) is 3.21. The Balaban J connectivity index is 2.26. The molecule has 0 N–H and O–H groups in total. The molecule has 1 unspecified atom stereocenters. The van der Waals surface area contributed by atoms with Crippen molar-refractivity contribution in [3.05, 3.63) is 23.1 Å². The summed E-state index contributed by atoms with van der Waals surface area (Å²) in [6.07, 6.45) is 0.692. The predicted molar refractivity (Wildman–Crippen MR) is 65.4 cm³/mol. The number of Topliss-reactive ketones (excluding diaryl/α,β-unsaturated/α-hetero) is 1. The minimum absolute atomic E-state index is 0.0347. The summed E-state index contributed by atoms with van der Waals surface area (Å²) in [5.74, 6) is 0.0848. The zero-order valence-corrected chi connectivity index (χ0v) is 11.3. The van der Waals surface area contributed by atoms with Gasteiger partial charge in [-0.05, 0) is 57.8 Å². The second-order valence-corrected chi connectivity index (χ2v) is 6.06. The summed E-state index contributed by atoms with van der Waals surface area (Å²) in [5, 5.41) is 0.240. The number of furan rings is 1. The van der Waals surface area contributed by atoms with Crippen molar-refractivity contribution in [1.82, 2.24) is 0 Å². The summed E-state index contributed by atoms with van der Waals surface area (Å²) < 4.78 is 11.1. The van der Waals surface area contributed by atoms with Gasteiger partial charge in [-0.3, -0.25) is 4.79 Å². The molecule has 1 aliphatic heterocycles. The molecule has 0 saturated carbocycles. The molecule has 1 fully saturated rings. The third-order valence-corrected chi connectivity index (χ3v) is 3.41. The highest BCUT2D eigenvalue weighted by Gasteiger charge is 2.49. The Bertz CT molecular complexity index is 445. The average molecular weight is 257 g/mol. The lowest BCUT2D eigenvalue weighted by molar-refractivity contribution is -0.0713. The number of ether oxygens (including phenoxy) is 1. The Morgan fingerprint density at radius 2 is 2.00 bits per heavy atom. The van der Waals surface area contributed by atoms with Gasteiger partial charge in [0.1, 0.15) is 0 Å². The molecule has 2 heterocycles. The van der Waals surface area contributed by atoms with E-state index in [1.807, 2.05) is 27.7 Å². The standard InChI is InChI=1S/C13H17ClO3/c1-12(2)7-8(13(3,4)17-12)11(15)9-5-6-10(14)16-9/h5-6,8H,7H2,1-4H3. The highest BCUT2D eigenvalue weighted by Crippen LogP contribution is 2.43. The monoisotopic (exact) mass is 256 g/mol. The van der Waals surface area contributed by atoms with Crippen molar-refractivity contribution in [2.75, 3.05) is 0 Å². The molecule has 0 aliphatic carbocycles. The second-order valence-electron chi connectivity index (χ2n) is 5.69. The lowest BCUT2D eigenvalue weighted by Gasteiger charge is -2.26. The van der Waals surface area contributed by atoms with Crippen LogP contribution in [0.5, 0.6) is 0 Å². The van der Waals surface area contributed by atoms with Gasteiger partial charge in [-0.15, -0.1) is 0 Å². The Labute approximate surface area is 106 Å². The Morgan fingerprint density at radius 1 is 1.35 bits per heavy atom. The molecule has 3 nitrogen and oxygen atoms in total.